The highest BCUT2D eigenvalue weighted by Gasteiger charge is 2.51. The molecule has 1 aliphatic carbocycles. The van der Waals surface area contributed by atoms with E-state index in [2.05, 4.69) is 24.8 Å². The van der Waals surface area contributed by atoms with Gasteiger partial charge in [0.1, 0.15) is 11.5 Å². The SMILES string of the molecule is CCOC(=O)N1CC2(CC[C@@H](N3CCN(c4cc(F)cnc4-c4ccnc(F)n4)CC3)C2)C1. The topological polar surface area (TPSA) is 74.7 Å². The van der Waals surface area contributed by atoms with Crippen LogP contribution in [0.4, 0.5) is 19.3 Å². The molecule has 0 aromatic carbocycles. The predicted octanol–water partition coefficient (Wildman–Crippen LogP) is 2.95. The van der Waals surface area contributed by atoms with E-state index >= 15 is 0 Å². The molecule has 2 aliphatic heterocycles. The van der Waals surface area contributed by atoms with Crippen LogP contribution in [0.5, 0.6) is 0 Å². The second-order valence-corrected chi connectivity index (χ2v) is 9.21. The third-order valence-corrected chi connectivity index (χ3v) is 7.13. The van der Waals surface area contributed by atoms with Crippen LogP contribution in [-0.4, -0.2) is 82.8 Å². The largest absolute Gasteiger partial charge is 0.450 e. The summed E-state index contributed by atoms with van der Waals surface area (Å²) in [5, 5.41) is 0. The van der Waals surface area contributed by atoms with Crippen LogP contribution in [0.1, 0.15) is 26.2 Å². The van der Waals surface area contributed by atoms with Gasteiger partial charge >= 0.3 is 12.2 Å². The Kier molecular flexibility index (Phi) is 5.86. The molecule has 10 heteroatoms. The van der Waals surface area contributed by atoms with E-state index in [-0.39, 0.29) is 11.5 Å². The van der Waals surface area contributed by atoms with Gasteiger partial charge in [-0.2, -0.15) is 4.39 Å². The lowest BCUT2D eigenvalue weighted by atomic mass is 9.78. The van der Waals surface area contributed by atoms with Crippen molar-refractivity contribution in [3.8, 4) is 11.4 Å². The van der Waals surface area contributed by atoms with Gasteiger partial charge in [-0.05, 0) is 32.3 Å². The van der Waals surface area contributed by atoms with Crippen molar-refractivity contribution in [2.75, 3.05) is 50.8 Å². The van der Waals surface area contributed by atoms with Crippen LogP contribution in [0.25, 0.3) is 11.4 Å². The lowest BCUT2D eigenvalue weighted by Crippen LogP contribution is -2.58. The Balaban J connectivity index is 1.21. The maximum Gasteiger partial charge on any atom is 0.409 e. The van der Waals surface area contributed by atoms with E-state index in [0.29, 0.717) is 29.7 Å². The number of likely N-dealkylation sites (tertiary alicyclic amines) is 1. The molecule has 2 aromatic rings. The van der Waals surface area contributed by atoms with Crippen molar-refractivity contribution >= 4 is 11.8 Å². The van der Waals surface area contributed by atoms with Gasteiger partial charge in [0.2, 0.25) is 0 Å². The van der Waals surface area contributed by atoms with Crippen molar-refractivity contribution in [2.24, 2.45) is 5.41 Å². The third-order valence-electron chi connectivity index (χ3n) is 7.13. The van der Waals surface area contributed by atoms with E-state index < -0.39 is 11.9 Å². The Labute approximate surface area is 191 Å². The second kappa shape index (κ2) is 8.81. The molecule has 0 bridgehead atoms. The molecule has 1 spiro atoms. The van der Waals surface area contributed by atoms with Crippen molar-refractivity contribution in [3.05, 3.63) is 36.4 Å². The van der Waals surface area contributed by atoms with Crippen molar-refractivity contribution in [1.29, 1.82) is 0 Å². The summed E-state index contributed by atoms with van der Waals surface area (Å²) in [5.74, 6) is -0.431. The number of ether oxygens (including phenoxy) is 1. The van der Waals surface area contributed by atoms with Gasteiger partial charge in [0.15, 0.2) is 0 Å². The minimum absolute atomic E-state index is 0.205. The van der Waals surface area contributed by atoms with Gasteiger partial charge in [-0.1, -0.05) is 0 Å². The molecule has 2 aromatic heterocycles. The monoisotopic (exact) mass is 458 g/mol. The zero-order chi connectivity index (χ0) is 23.0. The molecule has 5 rings (SSSR count). The average Bonchev–Trinajstić information content (AvgIpc) is 3.24. The van der Waals surface area contributed by atoms with E-state index in [1.54, 1.807) is 11.0 Å². The summed E-state index contributed by atoms with van der Waals surface area (Å²) < 4.78 is 32.7. The van der Waals surface area contributed by atoms with Gasteiger partial charge in [-0.15, -0.1) is 0 Å². The zero-order valence-corrected chi connectivity index (χ0v) is 18.7. The smallest absolute Gasteiger partial charge is 0.409 e. The Morgan fingerprint density at radius 2 is 2.00 bits per heavy atom. The molecule has 0 N–H and O–H groups in total. The van der Waals surface area contributed by atoms with Gasteiger partial charge in [-0.3, -0.25) is 4.90 Å². The number of amides is 1. The van der Waals surface area contributed by atoms with Crippen molar-refractivity contribution in [1.82, 2.24) is 24.8 Å². The summed E-state index contributed by atoms with van der Waals surface area (Å²) in [6, 6.07) is 3.53. The predicted molar refractivity (Wildman–Crippen MR) is 118 cm³/mol. The first-order chi connectivity index (χ1) is 16.0. The number of nitrogens with zero attached hydrogens (tertiary/aromatic N) is 6. The molecule has 0 radical (unpaired) electrons. The van der Waals surface area contributed by atoms with Crippen LogP contribution in [0.15, 0.2) is 24.5 Å². The summed E-state index contributed by atoms with van der Waals surface area (Å²) in [4.78, 5) is 29.9. The van der Waals surface area contributed by atoms with E-state index in [4.69, 9.17) is 4.74 Å². The lowest BCUT2D eigenvalue weighted by Gasteiger charge is -2.48. The fourth-order valence-corrected chi connectivity index (χ4v) is 5.54. The van der Waals surface area contributed by atoms with Crippen LogP contribution in [-0.2, 0) is 4.74 Å². The lowest BCUT2D eigenvalue weighted by molar-refractivity contribution is -0.00294. The van der Waals surface area contributed by atoms with Crippen LogP contribution in [0.2, 0.25) is 0 Å². The van der Waals surface area contributed by atoms with Crippen LogP contribution in [0.3, 0.4) is 0 Å². The standard InChI is InChI=1S/C23H28F2N6O2/c1-2-33-22(32)31-14-23(15-31)5-3-17(12-23)29-7-9-30(10-8-29)19-11-16(24)13-27-20(19)18-4-6-26-21(25)28-18/h4,6,11,13,17H,2-3,5,7-10,12,14-15H2,1H3/t17-/m1/s1. The molecule has 3 fully saturated rings. The van der Waals surface area contributed by atoms with Crippen molar-refractivity contribution in [3.63, 3.8) is 0 Å². The average molecular weight is 459 g/mol. The molecular formula is C23H28F2N6O2. The first-order valence-electron chi connectivity index (χ1n) is 11.5. The van der Waals surface area contributed by atoms with Crippen LogP contribution >= 0.6 is 0 Å². The van der Waals surface area contributed by atoms with Gasteiger partial charge < -0.3 is 14.5 Å². The highest BCUT2D eigenvalue weighted by Crippen LogP contribution is 2.47. The van der Waals surface area contributed by atoms with Crippen molar-refractivity contribution in [2.45, 2.75) is 32.2 Å². The number of halogens is 2. The number of aromatic nitrogens is 3. The number of rotatable bonds is 4. The van der Waals surface area contributed by atoms with Crippen LogP contribution < -0.4 is 4.90 Å². The number of carbonyl (C=O) groups is 1. The molecule has 8 nitrogen and oxygen atoms in total. The fraction of sp³-hybridized carbons (Fsp3) is 0.565. The van der Waals surface area contributed by atoms with E-state index in [1.807, 2.05) is 6.92 Å². The number of piperazine rings is 1. The minimum atomic E-state index is -0.831. The number of carbonyl (C=O) groups excluding carboxylic acids is 1. The fourth-order valence-electron chi connectivity index (χ4n) is 5.54. The maximum atomic E-state index is 14.0. The van der Waals surface area contributed by atoms with Gasteiger partial charge in [0.25, 0.3) is 0 Å². The Hall–Kier alpha value is -2.88. The number of pyridine rings is 1. The highest BCUT2D eigenvalue weighted by molar-refractivity contribution is 5.72. The third kappa shape index (κ3) is 4.36. The van der Waals surface area contributed by atoms with E-state index in [1.165, 1.54) is 12.3 Å². The summed E-state index contributed by atoms with van der Waals surface area (Å²) in [6.45, 7) is 6.98. The first-order valence-corrected chi connectivity index (χ1v) is 11.5. The quantitative estimate of drug-likeness (QED) is 0.652. The summed E-state index contributed by atoms with van der Waals surface area (Å²) in [6.07, 6.45) is 4.78. The molecular weight excluding hydrogens is 430 g/mol. The summed E-state index contributed by atoms with van der Waals surface area (Å²) in [7, 11) is 0. The molecule has 2 saturated heterocycles. The van der Waals surface area contributed by atoms with Crippen molar-refractivity contribution < 1.29 is 18.3 Å². The van der Waals surface area contributed by atoms with E-state index in [0.717, 1.165) is 64.7 Å². The highest BCUT2D eigenvalue weighted by atomic mass is 19.1. The molecule has 1 amide bonds. The number of anilines is 1. The number of hydrogen-bond donors (Lipinski definition) is 0. The molecule has 1 saturated carbocycles. The molecule has 4 heterocycles. The zero-order valence-electron chi connectivity index (χ0n) is 18.7. The van der Waals surface area contributed by atoms with E-state index in [9.17, 15) is 13.6 Å². The molecule has 0 unspecified atom stereocenters. The first kappa shape index (κ1) is 21.9. The number of hydrogen-bond acceptors (Lipinski definition) is 7. The molecule has 176 valence electrons. The van der Waals surface area contributed by atoms with Gasteiger partial charge in [-0.25, -0.2) is 24.1 Å². The molecule has 3 aliphatic rings. The minimum Gasteiger partial charge on any atom is -0.450 e. The summed E-state index contributed by atoms with van der Waals surface area (Å²) >= 11 is 0. The maximum absolute atomic E-state index is 14.0. The van der Waals surface area contributed by atoms with Gasteiger partial charge in [0, 0.05) is 63.0 Å². The Morgan fingerprint density at radius 3 is 2.73 bits per heavy atom. The summed E-state index contributed by atoms with van der Waals surface area (Å²) in [5.41, 5.74) is 1.65. The molecule has 1 atom stereocenters. The Morgan fingerprint density at radius 1 is 1.21 bits per heavy atom. The van der Waals surface area contributed by atoms with Gasteiger partial charge in [0.05, 0.1) is 24.2 Å². The normalized spacial score (nSPS) is 22.5. The second-order valence-electron chi connectivity index (χ2n) is 9.21. The molecule has 33 heavy (non-hydrogen) atoms. The Bertz CT molecular complexity index is 1020. The van der Waals surface area contributed by atoms with Crippen LogP contribution in [0, 0.1) is 17.3 Å².